The van der Waals surface area contributed by atoms with E-state index in [1.165, 1.54) is 18.3 Å². The number of hydrogen-bond donors (Lipinski definition) is 1. The quantitative estimate of drug-likeness (QED) is 0.739. The van der Waals surface area contributed by atoms with Crippen molar-refractivity contribution in [3.05, 3.63) is 65.9 Å². The number of rotatable bonds is 3. The second-order valence-electron chi connectivity index (χ2n) is 4.65. The molecule has 5 heteroatoms. The zero-order chi connectivity index (χ0) is 14.9. The predicted octanol–water partition coefficient (Wildman–Crippen LogP) is 4.77. The minimum atomic E-state index is -4.38. The van der Waals surface area contributed by atoms with Crippen molar-refractivity contribution in [2.45, 2.75) is 12.8 Å². The van der Waals surface area contributed by atoms with Gasteiger partial charge in [-0.15, -0.1) is 0 Å². The van der Waals surface area contributed by atoms with E-state index in [4.69, 9.17) is 4.74 Å². The lowest BCUT2D eigenvalue weighted by atomic mass is 10.1. The molecule has 3 aromatic rings. The molecule has 1 aromatic heterocycles. The van der Waals surface area contributed by atoms with Gasteiger partial charge in [0.25, 0.3) is 0 Å². The molecule has 0 aliphatic heterocycles. The molecule has 108 valence electrons. The van der Waals surface area contributed by atoms with E-state index in [0.29, 0.717) is 17.9 Å². The Morgan fingerprint density at radius 2 is 1.71 bits per heavy atom. The highest BCUT2D eigenvalue weighted by molar-refractivity contribution is 5.88. The molecule has 0 amide bonds. The van der Waals surface area contributed by atoms with Crippen molar-refractivity contribution in [3.8, 4) is 5.75 Å². The molecule has 2 aromatic carbocycles. The highest BCUT2D eigenvalue weighted by atomic mass is 19.4. The fourth-order valence-corrected chi connectivity index (χ4v) is 2.23. The van der Waals surface area contributed by atoms with E-state index in [1.54, 1.807) is 0 Å². The average molecular weight is 291 g/mol. The number of H-pyrrole nitrogens is 1. The Bertz CT molecular complexity index is 747. The van der Waals surface area contributed by atoms with E-state index >= 15 is 0 Å². The van der Waals surface area contributed by atoms with Crippen molar-refractivity contribution in [1.82, 2.24) is 4.98 Å². The summed E-state index contributed by atoms with van der Waals surface area (Å²) in [6, 6.07) is 13.3. The number of aromatic amines is 1. The summed E-state index contributed by atoms with van der Waals surface area (Å²) in [5.41, 5.74) is 0.656. The first-order valence-corrected chi connectivity index (χ1v) is 6.40. The van der Waals surface area contributed by atoms with Gasteiger partial charge in [-0.3, -0.25) is 0 Å². The minimum absolute atomic E-state index is 0.119. The van der Waals surface area contributed by atoms with Crippen LogP contribution in [0.3, 0.4) is 0 Å². The molecule has 0 aliphatic carbocycles. The number of aromatic nitrogens is 1. The van der Waals surface area contributed by atoms with Gasteiger partial charge in [-0.1, -0.05) is 30.3 Å². The number of nitrogens with one attached hydrogen (secondary N) is 1. The molecule has 0 radical (unpaired) electrons. The summed E-state index contributed by atoms with van der Waals surface area (Å²) in [5.74, 6) is 0.409. The summed E-state index contributed by atoms with van der Waals surface area (Å²) in [4.78, 5) is 2.81. The Morgan fingerprint density at radius 1 is 0.952 bits per heavy atom. The molecule has 0 spiro atoms. The van der Waals surface area contributed by atoms with Crippen LogP contribution in [0, 0.1) is 0 Å². The van der Waals surface area contributed by atoms with Crippen molar-refractivity contribution < 1.29 is 17.9 Å². The van der Waals surface area contributed by atoms with Crippen molar-refractivity contribution in [2.24, 2.45) is 0 Å². The van der Waals surface area contributed by atoms with Crippen LogP contribution in [-0.4, -0.2) is 4.98 Å². The second kappa shape index (κ2) is 5.16. The molecule has 0 aliphatic rings. The van der Waals surface area contributed by atoms with Crippen molar-refractivity contribution in [1.29, 1.82) is 0 Å². The van der Waals surface area contributed by atoms with E-state index in [-0.39, 0.29) is 5.39 Å². The number of fused-ring (bicyclic) bond motifs is 1. The van der Waals surface area contributed by atoms with Crippen LogP contribution in [0.2, 0.25) is 0 Å². The topological polar surface area (TPSA) is 25.0 Å². The van der Waals surface area contributed by atoms with Gasteiger partial charge >= 0.3 is 6.18 Å². The average Bonchev–Trinajstić information content (AvgIpc) is 2.94. The van der Waals surface area contributed by atoms with Crippen LogP contribution in [0.5, 0.6) is 5.75 Å². The van der Waals surface area contributed by atoms with Crippen LogP contribution in [0.25, 0.3) is 10.9 Å². The van der Waals surface area contributed by atoms with Gasteiger partial charge < -0.3 is 9.72 Å². The summed E-state index contributed by atoms with van der Waals surface area (Å²) >= 11 is 0. The Kier molecular flexibility index (Phi) is 3.33. The molecular formula is C16H12F3NO. The first-order chi connectivity index (χ1) is 10.1. The third kappa shape index (κ3) is 2.72. The summed E-state index contributed by atoms with van der Waals surface area (Å²) in [7, 11) is 0. The molecule has 3 rings (SSSR count). The van der Waals surface area contributed by atoms with Crippen LogP contribution in [-0.2, 0) is 12.8 Å². The minimum Gasteiger partial charge on any atom is -0.487 e. The molecule has 1 heterocycles. The SMILES string of the molecule is FC(F)(F)c1ccc(OCc2ccccc2)c2[nH]ccc12. The monoisotopic (exact) mass is 291 g/mol. The summed E-state index contributed by atoms with van der Waals surface area (Å²) in [5, 5.41) is 0.119. The number of hydrogen-bond acceptors (Lipinski definition) is 1. The number of benzene rings is 2. The molecule has 0 saturated heterocycles. The molecule has 0 bridgehead atoms. The molecule has 0 atom stereocenters. The number of ether oxygens (including phenoxy) is 1. The third-order valence-corrected chi connectivity index (χ3v) is 3.23. The van der Waals surface area contributed by atoms with E-state index in [9.17, 15) is 13.2 Å². The molecule has 1 N–H and O–H groups in total. The molecule has 0 unspecified atom stereocenters. The number of alkyl halides is 3. The smallest absolute Gasteiger partial charge is 0.417 e. The van der Waals surface area contributed by atoms with Gasteiger partial charge in [0.05, 0.1) is 11.1 Å². The molecule has 0 saturated carbocycles. The lowest BCUT2D eigenvalue weighted by molar-refractivity contribution is -0.136. The van der Waals surface area contributed by atoms with Crippen LogP contribution < -0.4 is 4.74 Å². The van der Waals surface area contributed by atoms with Crippen molar-refractivity contribution >= 4 is 10.9 Å². The van der Waals surface area contributed by atoms with Gasteiger partial charge in [0.1, 0.15) is 12.4 Å². The van der Waals surface area contributed by atoms with Crippen LogP contribution >= 0.6 is 0 Å². The largest absolute Gasteiger partial charge is 0.487 e. The van der Waals surface area contributed by atoms with Gasteiger partial charge in [-0.25, -0.2) is 0 Å². The Hall–Kier alpha value is -2.43. The predicted molar refractivity (Wildman–Crippen MR) is 74.1 cm³/mol. The van der Waals surface area contributed by atoms with Crippen molar-refractivity contribution in [2.75, 3.05) is 0 Å². The number of halogens is 3. The normalized spacial score (nSPS) is 11.8. The lowest BCUT2D eigenvalue weighted by Gasteiger charge is -2.12. The summed E-state index contributed by atoms with van der Waals surface area (Å²) < 4.78 is 44.4. The van der Waals surface area contributed by atoms with Crippen molar-refractivity contribution in [3.63, 3.8) is 0 Å². The second-order valence-corrected chi connectivity index (χ2v) is 4.65. The molecular weight excluding hydrogens is 279 g/mol. The highest BCUT2D eigenvalue weighted by Crippen LogP contribution is 2.37. The van der Waals surface area contributed by atoms with Gasteiger partial charge in [0.15, 0.2) is 0 Å². The maximum atomic E-state index is 12.9. The maximum absolute atomic E-state index is 12.9. The molecule has 2 nitrogen and oxygen atoms in total. The molecule has 0 fully saturated rings. The van der Waals surface area contributed by atoms with Gasteiger partial charge in [0, 0.05) is 11.6 Å². The van der Waals surface area contributed by atoms with E-state index < -0.39 is 11.7 Å². The van der Waals surface area contributed by atoms with Crippen LogP contribution in [0.1, 0.15) is 11.1 Å². The lowest BCUT2D eigenvalue weighted by Crippen LogP contribution is -2.06. The standard InChI is InChI=1S/C16H12F3NO/c17-16(18,19)13-6-7-14(15-12(13)8-9-20-15)21-10-11-4-2-1-3-5-11/h1-9,20H,10H2. The van der Waals surface area contributed by atoms with Gasteiger partial charge in [-0.2, -0.15) is 13.2 Å². The van der Waals surface area contributed by atoms with E-state index in [2.05, 4.69) is 4.98 Å². The maximum Gasteiger partial charge on any atom is 0.417 e. The first-order valence-electron chi connectivity index (χ1n) is 6.40. The first kappa shape index (κ1) is 13.5. The van der Waals surface area contributed by atoms with Crippen LogP contribution in [0.4, 0.5) is 13.2 Å². The Morgan fingerprint density at radius 3 is 2.43 bits per heavy atom. The summed E-state index contributed by atoms with van der Waals surface area (Å²) in [6.45, 7) is 0.306. The van der Waals surface area contributed by atoms with E-state index in [1.807, 2.05) is 30.3 Å². The fourth-order valence-electron chi connectivity index (χ4n) is 2.23. The molecule has 21 heavy (non-hydrogen) atoms. The van der Waals surface area contributed by atoms with Gasteiger partial charge in [0.2, 0.25) is 0 Å². The third-order valence-electron chi connectivity index (χ3n) is 3.23. The zero-order valence-corrected chi connectivity index (χ0v) is 10.9. The van der Waals surface area contributed by atoms with Gasteiger partial charge in [-0.05, 0) is 23.8 Å². The summed E-state index contributed by atoms with van der Waals surface area (Å²) in [6.07, 6.45) is -2.90. The Balaban J connectivity index is 1.92. The Labute approximate surface area is 119 Å². The zero-order valence-electron chi connectivity index (χ0n) is 10.9. The highest BCUT2D eigenvalue weighted by Gasteiger charge is 2.33. The van der Waals surface area contributed by atoms with Crippen LogP contribution in [0.15, 0.2) is 54.7 Å². The fraction of sp³-hybridized carbons (Fsp3) is 0.125. The van der Waals surface area contributed by atoms with E-state index in [0.717, 1.165) is 11.6 Å².